The van der Waals surface area contributed by atoms with E-state index in [0.717, 1.165) is 52.0 Å². The van der Waals surface area contributed by atoms with Crippen LogP contribution in [0.3, 0.4) is 0 Å². The van der Waals surface area contributed by atoms with Gasteiger partial charge < -0.3 is 10.2 Å². The number of amides is 1. The summed E-state index contributed by atoms with van der Waals surface area (Å²) < 4.78 is 0. The molecule has 0 aliphatic carbocycles. The quantitative estimate of drug-likeness (QED) is 0.745. The van der Waals surface area contributed by atoms with Crippen molar-refractivity contribution in [1.82, 2.24) is 15.1 Å². The number of nitrogens with one attached hydrogen (secondary N) is 1. The predicted molar refractivity (Wildman–Crippen MR) is 90.8 cm³/mol. The fourth-order valence-electron chi connectivity index (χ4n) is 2.85. The molecule has 1 N–H and O–H groups in total. The lowest BCUT2D eigenvalue weighted by Crippen LogP contribution is -2.32. The molecule has 1 aliphatic rings. The fraction of sp³-hybridized carbons (Fsp3) is 0.611. The summed E-state index contributed by atoms with van der Waals surface area (Å²) in [4.78, 5) is 16.2. The first-order valence-electron chi connectivity index (χ1n) is 8.36. The smallest absolute Gasteiger partial charge is 0.221 e. The molecule has 1 aromatic carbocycles. The summed E-state index contributed by atoms with van der Waals surface area (Å²) in [5.41, 5.74) is 2.98. The van der Waals surface area contributed by atoms with Crippen LogP contribution in [0.1, 0.15) is 30.4 Å². The lowest BCUT2D eigenvalue weighted by Gasteiger charge is -2.28. The topological polar surface area (TPSA) is 35.6 Å². The second-order valence-corrected chi connectivity index (χ2v) is 6.41. The first-order valence-corrected chi connectivity index (χ1v) is 8.36. The first kappa shape index (κ1) is 17.0. The van der Waals surface area contributed by atoms with Crippen LogP contribution in [0.25, 0.3) is 0 Å². The van der Waals surface area contributed by atoms with Crippen molar-refractivity contribution < 1.29 is 4.79 Å². The molecule has 4 heteroatoms. The van der Waals surface area contributed by atoms with Crippen molar-refractivity contribution in [1.29, 1.82) is 0 Å². The summed E-state index contributed by atoms with van der Waals surface area (Å²) in [6, 6.07) is 8.75. The van der Waals surface area contributed by atoms with Gasteiger partial charge in [-0.05, 0) is 51.0 Å². The van der Waals surface area contributed by atoms with Crippen molar-refractivity contribution in [3.8, 4) is 0 Å². The van der Waals surface area contributed by atoms with Gasteiger partial charge in [-0.1, -0.05) is 24.3 Å². The van der Waals surface area contributed by atoms with Crippen LogP contribution in [-0.4, -0.2) is 56.0 Å². The van der Waals surface area contributed by atoms with Crippen LogP contribution in [0.15, 0.2) is 24.3 Å². The van der Waals surface area contributed by atoms with Gasteiger partial charge in [-0.3, -0.25) is 9.69 Å². The average Bonchev–Trinajstić information content (AvgIpc) is 2.52. The summed E-state index contributed by atoms with van der Waals surface area (Å²) in [6.07, 6.45) is 3.97. The molecule has 1 aromatic rings. The molecular formula is C18H29N3O. The monoisotopic (exact) mass is 303 g/mol. The van der Waals surface area contributed by atoms with Crippen LogP contribution in [0.5, 0.6) is 0 Å². The zero-order valence-electron chi connectivity index (χ0n) is 14.0. The van der Waals surface area contributed by atoms with E-state index in [1.165, 1.54) is 11.1 Å². The van der Waals surface area contributed by atoms with Gasteiger partial charge in [-0.15, -0.1) is 0 Å². The molecule has 1 heterocycles. The van der Waals surface area contributed by atoms with Gasteiger partial charge in [0.25, 0.3) is 0 Å². The largest absolute Gasteiger partial charge is 0.356 e. The van der Waals surface area contributed by atoms with Crippen LogP contribution < -0.4 is 5.32 Å². The van der Waals surface area contributed by atoms with Crippen LogP contribution in [0.4, 0.5) is 0 Å². The molecule has 0 aromatic heterocycles. The highest BCUT2D eigenvalue weighted by atomic mass is 16.1. The minimum Gasteiger partial charge on any atom is -0.356 e. The van der Waals surface area contributed by atoms with Gasteiger partial charge in [-0.2, -0.15) is 0 Å². The number of unbranched alkanes of at least 4 members (excludes halogenated alkanes) is 1. The zero-order chi connectivity index (χ0) is 15.8. The SMILES string of the molecule is CN(C)CCC(=O)NCCCCN1CCc2ccccc2C1. The Morgan fingerprint density at radius 3 is 2.77 bits per heavy atom. The van der Waals surface area contributed by atoms with Crippen LogP contribution in [0, 0.1) is 0 Å². The van der Waals surface area contributed by atoms with E-state index in [-0.39, 0.29) is 5.91 Å². The number of fused-ring (bicyclic) bond motifs is 1. The van der Waals surface area contributed by atoms with E-state index >= 15 is 0 Å². The summed E-state index contributed by atoms with van der Waals surface area (Å²) in [5, 5.41) is 3.01. The maximum Gasteiger partial charge on any atom is 0.221 e. The summed E-state index contributed by atoms with van der Waals surface area (Å²) >= 11 is 0. The van der Waals surface area contributed by atoms with Gasteiger partial charge in [-0.25, -0.2) is 0 Å². The molecule has 0 unspecified atom stereocenters. The maximum atomic E-state index is 11.6. The van der Waals surface area contributed by atoms with E-state index in [2.05, 4.69) is 34.5 Å². The van der Waals surface area contributed by atoms with Crippen LogP contribution in [-0.2, 0) is 17.8 Å². The normalized spacial score (nSPS) is 14.9. The van der Waals surface area contributed by atoms with E-state index in [9.17, 15) is 4.79 Å². The summed E-state index contributed by atoms with van der Waals surface area (Å²) in [7, 11) is 3.98. The molecule has 0 bridgehead atoms. The fourth-order valence-corrected chi connectivity index (χ4v) is 2.85. The van der Waals surface area contributed by atoms with Crippen molar-refractivity contribution >= 4 is 5.91 Å². The third kappa shape index (κ3) is 5.78. The van der Waals surface area contributed by atoms with Gasteiger partial charge in [0.1, 0.15) is 0 Å². The van der Waals surface area contributed by atoms with E-state index in [1.54, 1.807) is 0 Å². The highest BCUT2D eigenvalue weighted by Gasteiger charge is 2.14. The number of carbonyl (C=O) groups is 1. The molecular weight excluding hydrogens is 274 g/mol. The second-order valence-electron chi connectivity index (χ2n) is 6.41. The van der Waals surface area contributed by atoms with Gasteiger partial charge in [0.05, 0.1) is 0 Å². The van der Waals surface area contributed by atoms with E-state index in [0.29, 0.717) is 6.42 Å². The van der Waals surface area contributed by atoms with E-state index in [4.69, 9.17) is 0 Å². The minimum atomic E-state index is 0.167. The second kappa shape index (κ2) is 8.91. The van der Waals surface area contributed by atoms with Gasteiger partial charge in [0.15, 0.2) is 0 Å². The van der Waals surface area contributed by atoms with E-state index < -0.39 is 0 Å². The Labute approximate surface area is 134 Å². The molecule has 4 nitrogen and oxygen atoms in total. The maximum absolute atomic E-state index is 11.6. The molecule has 122 valence electrons. The highest BCUT2D eigenvalue weighted by molar-refractivity contribution is 5.75. The number of hydrogen-bond donors (Lipinski definition) is 1. The number of carbonyl (C=O) groups excluding carboxylic acids is 1. The van der Waals surface area contributed by atoms with Gasteiger partial charge >= 0.3 is 0 Å². The molecule has 22 heavy (non-hydrogen) atoms. The Kier molecular flexibility index (Phi) is 6.87. The summed E-state index contributed by atoms with van der Waals surface area (Å²) in [5.74, 6) is 0.167. The van der Waals surface area contributed by atoms with Crippen LogP contribution >= 0.6 is 0 Å². The molecule has 0 radical (unpaired) electrons. The van der Waals surface area contributed by atoms with Crippen molar-refractivity contribution in [2.75, 3.05) is 40.3 Å². The Morgan fingerprint density at radius 2 is 2.00 bits per heavy atom. The molecule has 0 fully saturated rings. The number of rotatable bonds is 8. The van der Waals surface area contributed by atoms with Crippen molar-refractivity contribution in [2.45, 2.75) is 32.2 Å². The number of benzene rings is 1. The Bertz CT molecular complexity index is 473. The van der Waals surface area contributed by atoms with Gasteiger partial charge in [0, 0.05) is 32.6 Å². The van der Waals surface area contributed by atoms with Crippen molar-refractivity contribution in [3.63, 3.8) is 0 Å². The Balaban J connectivity index is 1.55. The molecule has 0 saturated heterocycles. The molecule has 0 spiro atoms. The summed E-state index contributed by atoms with van der Waals surface area (Å²) in [6.45, 7) is 4.98. The zero-order valence-corrected chi connectivity index (χ0v) is 14.0. The number of hydrogen-bond acceptors (Lipinski definition) is 3. The van der Waals surface area contributed by atoms with Gasteiger partial charge in [0.2, 0.25) is 5.91 Å². The molecule has 0 saturated carbocycles. The standard InChI is InChI=1S/C18H29N3O/c1-20(2)13-10-18(22)19-11-5-6-12-21-14-9-16-7-3-4-8-17(16)15-21/h3-4,7-8H,5-6,9-15H2,1-2H3,(H,19,22). The highest BCUT2D eigenvalue weighted by Crippen LogP contribution is 2.18. The average molecular weight is 303 g/mol. The Hall–Kier alpha value is -1.39. The lowest BCUT2D eigenvalue weighted by atomic mass is 10.00. The number of nitrogens with zero attached hydrogens (tertiary/aromatic N) is 2. The van der Waals surface area contributed by atoms with Crippen molar-refractivity contribution in [2.24, 2.45) is 0 Å². The molecule has 1 aliphatic heterocycles. The van der Waals surface area contributed by atoms with Crippen molar-refractivity contribution in [3.05, 3.63) is 35.4 Å². The molecule has 1 amide bonds. The first-order chi connectivity index (χ1) is 10.6. The van der Waals surface area contributed by atoms with Crippen LogP contribution in [0.2, 0.25) is 0 Å². The molecule has 0 atom stereocenters. The molecule has 2 rings (SSSR count). The van der Waals surface area contributed by atoms with E-state index in [1.807, 2.05) is 19.0 Å². The third-order valence-electron chi connectivity index (χ3n) is 4.22. The third-order valence-corrected chi connectivity index (χ3v) is 4.22. The lowest BCUT2D eigenvalue weighted by molar-refractivity contribution is -0.121. The minimum absolute atomic E-state index is 0.167. The Morgan fingerprint density at radius 1 is 1.23 bits per heavy atom. The predicted octanol–water partition coefficient (Wildman–Crippen LogP) is 1.89.